The van der Waals surface area contributed by atoms with Gasteiger partial charge in [0, 0.05) is 17.8 Å². The molecule has 204 valence electrons. The van der Waals surface area contributed by atoms with E-state index in [-0.39, 0.29) is 30.4 Å². The van der Waals surface area contributed by atoms with Gasteiger partial charge in [0.1, 0.15) is 5.82 Å². The topological polar surface area (TPSA) is 125 Å². The molecule has 4 N–H and O–H groups in total. The van der Waals surface area contributed by atoms with E-state index in [1.807, 2.05) is 38.1 Å². The van der Waals surface area contributed by atoms with Crippen molar-refractivity contribution in [2.45, 2.75) is 77.5 Å². The van der Waals surface area contributed by atoms with Crippen LogP contribution in [0.25, 0.3) is 5.69 Å². The number of carboxylic acids is 1. The standard InChI is InChI=1S/C29H36FN3O5/c1-4-19-6-5-7-20(14-19)17-31-29(38)28-27(18(2)3)25(13-12-23(34)15-24(35)16-26(36)37)33(32-28)22-10-8-21(30)9-11-22/h5-11,14,18,23-24,34-35H,4,12-13,15-17H2,1-3H3,(H,31,38)(H,36,37)/t23-,24-/m1/s1. The highest BCUT2D eigenvalue weighted by molar-refractivity contribution is 5.94. The van der Waals surface area contributed by atoms with Crippen LogP contribution in [0.5, 0.6) is 0 Å². The fraction of sp³-hybridized carbons (Fsp3) is 0.414. The van der Waals surface area contributed by atoms with Crippen LogP contribution in [-0.2, 0) is 24.2 Å². The molecule has 3 aromatic rings. The molecule has 0 aliphatic heterocycles. The third-order valence-electron chi connectivity index (χ3n) is 6.41. The minimum absolute atomic E-state index is 0.0851. The van der Waals surface area contributed by atoms with Crippen LogP contribution in [0.4, 0.5) is 4.39 Å². The fourth-order valence-electron chi connectivity index (χ4n) is 4.52. The monoisotopic (exact) mass is 525 g/mol. The van der Waals surface area contributed by atoms with E-state index in [1.165, 1.54) is 17.7 Å². The Morgan fingerprint density at radius 3 is 2.37 bits per heavy atom. The van der Waals surface area contributed by atoms with E-state index >= 15 is 0 Å². The zero-order chi connectivity index (χ0) is 27.8. The lowest BCUT2D eigenvalue weighted by Crippen LogP contribution is -2.25. The number of aliphatic hydroxyl groups excluding tert-OH is 2. The van der Waals surface area contributed by atoms with Crippen LogP contribution >= 0.6 is 0 Å². The lowest BCUT2D eigenvalue weighted by atomic mass is 9.95. The molecule has 0 unspecified atom stereocenters. The number of aliphatic carboxylic acids is 1. The van der Waals surface area contributed by atoms with Gasteiger partial charge in [0.15, 0.2) is 5.69 Å². The van der Waals surface area contributed by atoms with Gasteiger partial charge in [-0.05, 0) is 67.0 Å². The van der Waals surface area contributed by atoms with Gasteiger partial charge in [-0.2, -0.15) is 5.10 Å². The van der Waals surface area contributed by atoms with Crippen LogP contribution in [-0.4, -0.2) is 49.2 Å². The Morgan fingerprint density at radius 1 is 1.05 bits per heavy atom. The van der Waals surface area contributed by atoms with Crippen molar-refractivity contribution in [3.8, 4) is 5.69 Å². The number of aromatic nitrogens is 2. The highest BCUT2D eigenvalue weighted by Crippen LogP contribution is 2.28. The molecule has 3 rings (SSSR count). The van der Waals surface area contributed by atoms with Crippen molar-refractivity contribution < 1.29 is 29.3 Å². The smallest absolute Gasteiger partial charge is 0.305 e. The van der Waals surface area contributed by atoms with E-state index in [0.717, 1.165) is 12.0 Å². The lowest BCUT2D eigenvalue weighted by molar-refractivity contribution is -0.139. The first-order chi connectivity index (χ1) is 18.1. The van der Waals surface area contributed by atoms with Crippen molar-refractivity contribution in [2.24, 2.45) is 0 Å². The first-order valence-electron chi connectivity index (χ1n) is 12.9. The highest BCUT2D eigenvalue weighted by atomic mass is 19.1. The molecule has 8 nitrogen and oxygen atoms in total. The molecule has 38 heavy (non-hydrogen) atoms. The molecule has 0 saturated carbocycles. The quantitative estimate of drug-likeness (QED) is 0.266. The van der Waals surface area contributed by atoms with Gasteiger partial charge in [0.2, 0.25) is 0 Å². The number of carbonyl (C=O) groups is 2. The molecule has 0 fully saturated rings. The highest BCUT2D eigenvalue weighted by Gasteiger charge is 2.26. The van der Waals surface area contributed by atoms with Crippen molar-refractivity contribution in [1.82, 2.24) is 15.1 Å². The molecule has 2 atom stereocenters. The second-order valence-electron chi connectivity index (χ2n) is 9.79. The summed E-state index contributed by atoms with van der Waals surface area (Å²) < 4.78 is 15.2. The third-order valence-corrected chi connectivity index (χ3v) is 6.41. The van der Waals surface area contributed by atoms with Gasteiger partial charge >= 0.3 is 5.97 Å². The van der Waals surface area contributed by atoms with E-state index in [9.17, 15) is 24.2 Å². The molecule has 2 aromatic carbocycles. The molecule has 0 aliphatic carbocycles. The number of hydrogen-bond donors (Lipinski definition) is 4. The van der Waals surface area contributed by atoms with Crippen molar-refractivity contribution in [3.63, 3.8) is 0 Å². The molecular formula is C29H36FN3O5. The molecule has 1 amide bonds. The minimum atomic E-state index is -1.17. The normalized spacial score (nSPS) is 12.9. The summed E-state index contributed by atoms with van der Waals surface area (Å²) in [5, 5.41) is 36.8. The largest absolute Gasteiger partial charge is 0.481 e. The summed E-state index contributed by atoms with van der Waals surface area (Å²) in [7, 11) is 0. The van der Waals surface area contributed by atoms with Crippen molar-refractivity contribution in [2.75, 3.05) is 0 Å². The van der Waals surface area contributed by atoms with E-state index in [0.29, 0.717) is 29.9 Å². The van der Waals surface area contributed by atoms with Crippen LogP contribution < -0.4 is 5.32 Å². The molecule has 1 heterocycles. The number of carbonyl (C=O) groups excluding carboxylic acids is 1. The number of benzene rings is 2. The van der Waals surface area contributed by atoms with Crippen LogP contribution in [0.3, 0.4) is 0 Å². The Bertz CT molecular complexity index is 1240. The number of nitrogens with zero attached hydrogens (tertiary/aromatic N) is 2. The minimum Gasteiger partial charge on any atom is -0.481 e. The first kappa shape index (κ1) is 29.0. The predicted molar refractivity (Wildman–Crippen MR) is 142 cm³/mol. The van der Waals surface area contributed by atoms with Gasteiger partial charge in [0.05, 0.1) is 24.3 Å². The Balaban J connectivity index is 1.90. The number of nitrogens with one attached hydrogen (secondary N) is 1. The first-order valence-corrected chi connectivity index (χ1v) is 12.9. The fourth-order valence-corrected chi connectivity index (χ4v) is 4.52. The Morgan fingerprint density at radius 2 is 1.74 bits per heavy atom. The van der Waals surface area contributed by atoms with E-state index in [1.54, 1.807) is 16.8 Å². The van der Waals surface area contributed by atoms with Crippen molar-refractivity contribution in [3.05, 3.63) is 82.4 Å². The van der Waals surface area contributed by atoms with Crippen LogP contribution in [0.1, 0.15) is 78.8 Å². The summed E-state index contributed by atoms with van der Waals surface area (Å²) in [6, 6.07) is 13.8. The molecule has 0 bridgehead atoms. The Labute approximate surface area is 222 Å². The van der Waals surface area contributed by atoms with E-state index < -0.39 is 30.4 Å². The summed E-state index contributed by atoms with van der Waals surface area (Å²) in [4.78, 5) is 24.2. The maximum atomic E-state index is 13.6. The summed E-state index contributed by atoms with van der Waals surface area (Å²) in [5.74, 6) is -1.96. The maximum absolute atomic E-state index is 13.6. The van der Waals surface area contributed by atoms with Crippen LogP contribution in [0.2, 0.25) is 0 Å². The molecule has 0 saturated heterocycles. The van der Waals surface area contributed by atoms with Gasteiger partial charge in [0.25, 0.3) is 5.91 Å². The summed E-state index contributed by atoms with van der Waals surface area (Å²) >= 11 is 0. The number of rotatable bonds is 13. The number of aliphatic hydroxyl groups is 2. The number of aryl methyl sites for hydroxylation is 1. The van der Waals surface area contributed by atoms with Crippen LogP contribution in [0.15, 0.2) is 48.5 Å². The summed E-state index contributed by atoms with van der Waals surface area (Å²) in [6.07, 6.45) is -1.24. The number of amides is 1. The van der Waals surface area contributed by atoms with Gasteiger partial charge in [-0.15, -0.1) is 0 Å². The summed E-state index contributed by atoms with van der Waals surface area (Å²) in [5.41, 5.74) is 4.38. The second kappa shape index (κ2) is 13.3. The van der Waals surface area contributed by atoms with Gasteiger partial charge in [-0.1, -0.05) is 45.0 Å². The number of hydrogen-bond acceptors (Lipinski definition) is 5. The molecular weight excluding hydrogens is 489 g/mol. The second-order valence-corrected chi connectivity index (χ2v) is 9.79. The van der Waals surface area contributed by atoms with E-state index in [4.69, 9.17) is 5.11 Å². The van der Waals surface area contributed by atoms with Crippen molar-refractivity contribution in [1.29, 1.82) is 0 Å². The maximum Gasteiger partial charge on any atom is 0.305 e. The predicted octanol–water partition coefficient (Wildman–Crippen LogP) is 4.15. The number of carboxylic acid groups (broad SMARTS) is 1. The Kier molecular flexibility index (Phi) is 10.2. The van der Waals surface area contributed by atoms with E-state index in [2.05, 4.69) is 17.3 Å². The summed E-state index contributed by atoms with van der Waals surface area (Å²) in [6.45, 7) is 6.30. The average molecular weight is 526 g/mol. The molecule has 0 aliphatic rings. The third kappa shape index (κ3) is 7.72. The molecule has 1 aromatic heterocycles. The van der Waals surface area contributed by atoms with Crippen LogP contribution in [0, 0.1) is 5.82 Å². The SMILES string of the molecule is CCc1cccc(CNC(=O)c2nn(-c3ccc(F)cc3)c(CC[C@@H](O)C[C@@H](O)CC(=O)O)c2C(C)C)c1. The van der Waals surface area contributed by atoms with Crippen molar-refractivity contribution >= 4 is 11.9 Å². The zero-order valence-electron chi connectivity index (χ0n) is 22.0. The molecule has 9 heteroatoms. The molecule has 0 radical (unpaired) electrons. The average Bonchev–Trinajstić information content (AvgIpc) is 3.26. The van der Waals surface area contributed by atoms with Gasteiger partial charge in [-0.25, -0.2) is 9.07 Å². The lowest BCUT2D eigenvalue weighted by Gasteiger charge is -2.16. The zero-order valence-corrected chi connectivity index (χ0v) is 22.0. The Hall–Kier alpha value is -3.56. The van der Waals surface area contributed by atoms with Gasteiger partial charge in [-0.3, -0.25) is 9.59 Å². The van der Waals surface area contributed by atoms with Gasteiger partial charge < -0.3 is 20.6 Å². The molecule has 0 spiro atoms. The number of halogens is 1.